The SMILES string of the molecule is CCC(N)C1=C(C=O)N=C(c2ccc(F)cc2)NN1. The summed E-state index contributed by atoms with van der Waals surface area (Å²) >= 11 is 0. The van der Waals surface area contributed by atoms with Crippen molar-refractivity contribution in [1.29, 1.82) is 0 Å². The van der Waals surface area contributed by atoms with E-state index < -0.39 is 0 Å². The maximum absolute atomic E-state index is 12.9. The number of nitrogens with zero attached hydrogens (tertiary/aromatic N) is 1. The van der Waals surface area contributed by atoms with Crippen LogP contribution in [-0.4, -0.2) is 18.2 Å². The lowest BCUT2D eigenvalue weighted by Gasteiger charge is -2.24. The van der Waals surface area contributed by atoms with Crippen LogP contribution in [0, 0.1) is 5.82 Å². The highest BCUT2D eigenvalue weighted by atomic mass is 19.1. The second-order valence-corrected chi connectivity index (χ2v) is 4.15. The van der Waals surface area contributed by atoms with Crippen molar-refractivity contribution in [2.75, 3.05) is 0 Å². The fourth-order valence-corrected chi connectivity index (χ4v) is 1.72. The van der Waals surface area contributed by atoms with E-state index in [1.165, 1.54) is 12.1 Å². The van der Waals surface area contributed by atoms with Crippen molar-refractivity contribution in [3.8, 4) is 0 Å². The number of halogens is 1. The minimum absolute atomic E-state index is 0.257. The Kier molecular flexibility index (Phi) is 3.91. The first-order valence-electron chi connectivity index (χ1n) is 5.97. The highest BCUT2D eigenvalue weighted by Gasteiger charge is 2.19. The lowest BCUT2D eigenvalue weighted by molar-refractivity contribution is -0.105. The van der Waals surface area contributed by atoms with E-state index in [4.69, 9.17) is 5.73 Å². The van der Waals surface area contributed by atoms with Gasteiger partial charge in [0.25, 0.3) is 0 Å². The number of rotatable bonds is 4. The molecule has 1 aliphatic heterocycles. The van der Waals surface area contributed by atoms with Crippen molar-refractivity contribution < 1.29 is 9.18 Å². The third-order valence-electron chi connectivity index (χ3n) is 2.86. The molecule has 19 heavy (non-hydrogen) atoms. The summed E-state index contributed by atoms with van der Waals surface area (Å²) < 4.78 is 12.9. The van der Waals surface area contributed by atoms with E-state index in [1.54, 1.807) is 12.1 Å². The maximum atomic E-state index is 12.9. The van der Waals surface area contributed by atoms with Gasteiger partial charge >= 0.3 is 0 Å². The van der Waals surface area contributed by atoms with E-state index in [0.717, 1.165) is 0 Å². The number of aldehydes is 1. The Bertz CT molecular complexity index is 536. The van der Waals surface area contributed by atoms with Crippen LogP contribution in [0.25, 0.3) is 0 Å². The minimum atomic E-state index is -0.326. The van der Waals surface area contributed by atoms with Gasteiger partial charge in [0.2, 0.25) is 0 Å². The lowest BCUT2D eigenvalue weighted by Crippen LogP contribution is -2.46. The van der Waals surface area contributed by atoms with Gasteiger partial charge in [-0.1, -0.05) is 6.92 Å². The molecule has 1 unspecified atom stereocenters. The van der Waals surface area contributed by atoms with Crippen LogP contribution in [0.15, 0.2) is 40.7 Å². The van der Waals surface area contributed by atoms with Gasteiger partial charge in [-0.25, -0.2) is 9.38 Å². The number of carbonyl (C=O) groups excluding carboxylic acids is 1. The molecule has 0 spiro atoms. The number of carbonyl (C=O) groups is 1. The molecule has 6 heteroatoms. The molecule has 1 atom stereocenters. The van der Waals surface area contributed by atoms with Crippen LogP contribution in [0.5, 0.6) is 0 Å². The lowest BCUT2D eigenvalue weighted by atomic mass is 10.1. The topological polar surface area (TPSA) is 79.5 Å². The Labute approximate surface area is 110 Å². The summed E-state index contributed by atoms with van der Waals surface area (Å²) in [5, 5.41) is 0. The number of hydrogen-bond acceptors (Lipinski definition) is 5. The molecule has 0 saturated carbocycles. The number of hydrazine groups is 1. The normalized spacial score (nSPS) is 16.3. The van der Waals surface area contributed by atoms with Crippen LogP contribution in [0.4, 0.5) is 4.39 Å². The van der Waals surface area contributed by atoms with Crippen molar-refractivity contribution >= 4 is 12.1 Å². The highest BCUT2D eigenvalue weighted by Crippen LogP contribution is 2.13. The molecule has 1 aromatic rings. The first kappa shape index (κ1) is 13.2. The number of aliphatic imine (C=N–C) groups is 1. The summed E-state index contributed by atoms with van der Waals surface area (Å²) in [6.45, 7) is 1.92. The van der Waals surface area contributed by atoms with Crippen molar-refractivity contribution in [2.24, 2.45) is 10.7 Å². The zero-order valence-corrected chi connectivity index (χ0v) is 10.5. The Morgan fingerprint density at radius 2 is 2.05 bits per heavy atom. The Hall–Kier alpha value is -2.21. The molecule has 0 bridgehead atoms. The van der Waals surface area contributed by atoms with E-state index >= 15 is 0 Å². The standard InChI is InChI=1S/C13H15FN4O/c1-2-10(15)12-11(7-19)16-13(18-17-12)8-3-5-9(14)6-4-8/h3-7,10,17H,2,15H2,1H3,(H,16,18). The predicted octanol–water partition coefficient (Wildman–Crippen LogP) is 0.828. The molecular formula is C13H15FN4O. The van der Waals surface area contributed by atoms with Crippen LogP contribution < -0.4 is 16.6 Å². The van der Waals surface area contributed by atoms with E-state index in [0.29, 0.717) is 29.8 Å². The summed E-state index contributed by atoms with van der Waals surface area (Å²) in [5.74, 6) is 0.127. The van der Waals surface area contributed by atoms with Crippen molar-refractivity contribution in [1.82, 2.24) is 10.9 Å². The van der Waals surface area contributed by atoms with Gasteiger partial charge in [0.15, 0.2) is 12.1 Å². The molecule has 0 radical (unpaired) electrons. The van der Waals surface area contributed by atoms with Crippen LogP contribution >= 0.6 is 0 Å². The molecule has 0 fully saturated rings. The number of amidine groups is 1. The summed E-state index contributed by atoms with van der Waals surface area (Å²) in [4.78, 5) is 15.3. The average molecular weight is 262 g/mol. The molecule has 0 aliphatic carbocycles. The third kappa shape index (κ3) is 2.79. The average Bonchev–Trinajstić information content (AvgIpc) is 2.46. The fraction of sp³-hybridized carbons (Fsp3) is 0.231. The van der Waals surface area contributed by atoms with E-state index in [2.05, 4.69) is 15.8 Å². The van der Waals surface area contributed by atoms with Crippen molar-refractivity contribution in [2.45, 2.75) is 19.4 Å². The Balaban J connectivity index is 2.35. The summed E-state index contributed by atoms with van der Waals surface area (Å²) in [6, 6.07) is 5.53. The van der Waals surface area contributed by atoms with Crippen LogP contribution in [0.1, 0.15) is 18.9 Å². The quantitative estimate of drug-likeness (QED) is 0.702. The second-order valence-electron chi connectivity index (χ2n) is 4.15. The Morgan fingerprint density at radius 3 is 2.63 bits per heavy atom. The van der Waals surface area contributed by atoms with Crippen LogP contribution in [0.3, 0.4) is 0 Å². The fourth-order valence-electron chi connectivity index (χ4n) is 1.72. The number of allylic oxidation sites excluding steroid dienone is 1. The summed E-state index contributed by atoms with van der Waals surface area (Å²) in [6.07, 6.45) is 1.34. The zero-order chi connectivity index (χ0) is 13.8. The van der Waals surface area contributed by atoms with Gasteiger partial charge in [0.05, 0.1) is 5.70 Å². The molecule has 5 nitrogen and oxygen atoms in total. The first-order chi connectivity index (χ1) is 9.15. The molecule has 1 aromatic carbocycles. The van der Waals surface area contributed by atoms with Crippen LogP contribution in [0.2, 0.25) is 0 Å². The van der Waals surface area contributed by atoms with Gasteiger partial charge in [0, 0.05) is 11.6 Å². The smallest absolute Gasteiger partial charge is 0.170 e. The van der Waals surface area contributed by atoms with E-state index in [9.17, 15) is 9.18 Å². The first-order valence-corrected chi connectivity index (χ1v) is 5.97. The molecule has 100 valence electrons. The molecular weight excluding hydrogens is 247 g/mol. The highest BCUT2D eigenvalue weighted by molar-refractivity contribution is 6.01. The molecule has 1 heterocycles. The second kappa shape index (κ2) is 5.62. The minimum Gasteiger partial charge on any atom is -0.323 e. The van der Waals surface area contributed by atoms with Crippen molar-refractivity contribution in [3.63, 3.8) is 0 Å². The third-order valence-corrected chi connectivity index (χ3v) is 2.86. The molecule has 0 saturated heterocycles. The number of nitrogens with two attached hydrogens (primary N) is 1. The largest absolute Gasteiger partial charge is 0.323 e. The zero-order valence-electron chi connectivity index (χ0n) is 10.5. The molecule has 4 N–H and O–H groups in total. The molecule has 1 aliphatic rings. The monoisotopic (exact) mass is 262 g/mol. The molecule has 0 aromatic heterocycles. The number of hydrogen-bond donors (Lipinski definition) is 3. The molecule has 0 amide bonds. The van der Waals surface area contributed by atoms with E-state index in [1.807, 2.05) is 6.92 Å². The van der Waals surface area contributed by atoms with Crippen molar-refractivity contribution in [3.05, 3.63) is 47.0 Å². The molecule has 2 rings (SSSR count). The van der Waals surface area contributed by atoms with Gasteiger partial charge in [-0.2, -0.15) is 0 Å². The van der Waals surface area contributed by atoms with Gasteiger partial charge in [-0.05, 0) is 30.7 Å². The Morgan fingerprint density at radius 1 is 1.37 bits per heavy atom. The maximum Gasteiger partial charge on any atom is 0.170 e. The van der Waals surface area contributed by atoms with Gasteiger partial charge in [0.1, 0.15) is 11.5 Å². The summed E-state index contributed by atoms with van der Waals surface area (Å²) in [5.41, 5.74) is 13.1. The van der Waals surface area contributed by atoms with Gasteiger partial charge in [-0.15, -0.1) is 0 Å². The number of benzene rings is 1. The van der Waals surface area contributed by atoms with Crippen LogP contribution in [-0.2, 0) is 4.79 Å². The predicted molar refractivity (Wildman–Crippen MR) is 70.6 cm³/mol. The number of nitrogens with one attached hydrogen (secondary N) is 2. The van der Waals surface area contributed by atoms with Gasteiger partial charge in [-0.3, -0.25) is 15.6 Å². The van der Waals surface area contributed by atoms with Gasteiger partial charge < -0.3 is 5.73 Å². The van der Waals surface area contributed by atoms with E-state index in [-0.39, 0.29) is 17.6 Å². The summed E-state index contributed by atoms with van der Waals surface area (Å²) in [7, 11) is 0.